The monoisotopic (exact) mass is 385 g/mol. The van der Waals surface area contributed by atoms with Crippen molar-refractivity contribution >= 4 is 5.91 Å². The molecule has 6 heteroatoms. The van der Waals surface area contributed by atoms with Crippen molar-refractivity contribution in [1.29, 1.82) is 0 Å². The number of carbonyl (C=O) groups is 1. The van der Waals surface area contributed by atoms with Crippen molar-refractivity contribution in [2.75, 3.05) is 0 Å². The molecule has 0 radical (unpaired) electrons. The van der Waals surface area contributed by atoms with Gasteiger partial charge in [0.15, 0.2) is 0 Å². The van der Waals surface area contributed by atoms with Crippen LogP contribution in [0.15, 0.2) is 43.0 Å². The van der Waals surface area contributed by atoms with Crippen LogP contribution in [0.2, 0.25) is 0 Å². The van der Waals surface area contributed by atoms with E-state index in [1.165, 1.54) is 12.1 Å². The SMILES string of the molecule is C[C@@H]1CC[C@@H]2[C@@H](C1)O[C@@H](c1ccc(F)cc1)C[C@@]2(C)NC(=O)Cn1ccnc1. The van der Waals surface area contributed by atoms with Crippen LogP contribution in [0.1, 0.15) is 51.2 Å². The molecule has 1 amide bonds. The second-order valence-corrected chi connectivity index (χ2v) is 8.64. The van der Waals surface area contributed by atoms with E-state index in [1.807, 2.05) is 0 Å². The van der Waals surface area contributed by atoms with Crippen LogP contribution in [0.4, 0.5) is 4.39 Å². The van der Waals surface area contributed by atoms with Crippen molar-refractivity contribution in [2.24, 2.45) is 11.8 Å². The Bertz CT molecular complexity index is 808. The topological polar surface area (TPSA) is 56.1 Å². The molecule has 150 valence electrons. The molecule has 1 saturated heterocycles. The molecule has 4 rings (SSSR count). The summed E-state index contributed by atoms with van der Waals surface area (Å²) >= 11 is 0. The minimum Gasteiger partial charge on any atom is -0.370 e. The Balaban J connectivity index is 1.56. The molecule has 2 fully saturated rings. The highest BCUT2D eigenvalue weighted by molar-refractivity contribution is 5.76. The van der Waals surface area contributed by atoms with E-state index in [1.54, 1.807) is 35.4 Å². The minimum absolute atomic E-state index is 0.0161. The predicted molar refractivity (Wildman–Crippen MR) is 104 cm³/mol. The fourth-order valence-electron chi connectivity index (χ4n) is 4.93. The van der Waals surface area contributed by atoms with Crippen LogP contribution in [0.3, 0.4) is 0 Å². The summed E-state index contributed by atoms with van der Waals surface area (Å²) in [4.78, 5) is 16.8. The lowest BCUT2D eigenvalue weighted by atomic mass is 9.66. The molecule has 0 unspecified atom stereocenters. The fourth-order valence-corrected chi connectivity index (χ4v) is 4.93. The zero-order valence-electron chi connectivity index (χ0n) is 16.5. The van der Waals surface area contributed by atoms with Crippen molar-refractivity contribution in [2.45, 2.75) is 63.8 Å². The summed E-state index contributed by atoms with van der Waals surface area (Å²) in [6, 6.07) is 6.53. The van der Waals surface area contributed by atoms with Crippen LogP contribution in [0.25, 0.3) is 0 Å². The molecule has 0 spiro atoms. The van der Waals surface area contributed by atoms with Gasteiger partial charge in [-0.1, -0.05) is 25.5 Å². The highest BCUT2D eigenvalue weighted by atomic mass is 19.1. The maximum atomic E-state index is 13.4. The average Bonchev–Trinajstić information content (AvgIpc) is 3.14. The Morgan fingerprint density at radius 2 is 2.14 bits per heavy atom. The zero-order chi connectivity index (χ0) is 19.7. The molecule has 5 atom stereocenters. The zero-order valence-corrected chi connectivity index (χ0v) is 16.5. The van der Waals surface area contributed by atoms with Crippen LogP contribution < -0.4 is 5.32 Å². The van der Waals surface area contributed by atoms with Crippen LogP contribution in [0.5, 0.6) is 0 Å². The number of halogens is 1. The van der Waals surface area contributed by atoms with Gasteiger partial charge in [-0.15, -0.1) is 0 Å². The molecule has 1 aromatic heterocycles. The summed E-state index contributed by atoms with van der Waals surface area (Å²) in [6.45, 7) is 4.66. The Hall–Kier alpha value is -2.21. The number of benzene rings is 1. The summed E-state index contributed by atoms with van der Waals surface area (Å²) in [5.41, 5.74) is 0.605. The van der Waals surface area contributed by atoms with Gasteiger partial charge in [-0.25, -0.2) is 9.37 Å². The third kappa shape index (κ3) is 3.97. The van der Waals surface area contributed by atoms with Crippen molar-refractivity contribution in [3.05, 3.63) is 54.4 Å². The largest absolute Gasteiger partial charge is 0.370 e. The smallest absolute Gasteiger partial charge is 0.240 e. The molecule has 1 aliphatic heterocycles. The normalized spacial score (nSPS) is 32.5. The number of carbonyl (C=O) groups excluding carboxylic acids is 1. The van der Waals surface area contributed by atoms with E-state index in [2.05, 4.69) is 24.1 Å². The van der Waals surface area contributed by atoms with E-state index in [4.69, 9.17) is 4.74 Å². The van der Waals surface area contributed by atoms with Gasteiger partial charge >= 0.3 is 0 Å². The van der Waals surface area contributed by atoms with Gasteiger partial charge in [0.25, 0.3) is 0 Å². The van der Waals surface area contributed by atoms with Gasteiger partial charge in [0.1, 0.15) is 12.4 Å². The van der Waals surface area contributed by atoms with Gasteiger partial charge < -0.3 is 14.6 Å². The third-order valence-corrected chi connectivity index (χ3v) is 6.37. The first-order valence-electron chi connectivity index (χ1n) is 10.1. The van der Waals surface area contributed by atoms with Gasteiger partial charge in [0, 0.05) is 30.3 Å². The Morgan fingerprint density at radius 1 is 1.36 bits per heavy atom. The third-order valence-electron chi connectivity index (χ3n) is 6.37. The van der Waals surface area contributed by atoms with Gasteiger partial charge in [-0.2, -0.15) is 0 Å². The molecule has 2 aromatic rings. The summed E-state index contributed by atoms with van der Waals surface area (Å²) in [5, 5.41) is 3.32. The second-order valence-electron chi connectivity index (χ2n) is 8.64. The number of amides is 1. The molecule has 5 nitrogen and oxygen atoms in total. The van der Waals surface area contributed by atoms with Gasteiger partial charge in [-0.3, -0.25) is 4.79 Å². The fraction of sp³-hybridized carbons (Fsp3) is 0.545. The first-order valence-corrected chi connectivity index (χ1v) is 10.1. The molecule has 1 aromatic carbocycles. The summed E-state index contributed by atoms with van der Waals surface area (Å²) < 4.78 is 21.6. The van der Waals surface area contributed by atoms with Crippen molar-refractivity contribution in [1.82, 2.24) is 14.9 Å². The number of imidazole rings is 1. The van der Waals surface area contributed by atoms with Crippen molar-refractivity contribution in [3.63, 3.8) is 0 Å². The summed E-state index contributed by atoms with van der Waals surface area (Å²) in [5.74, 6) is 0.629. The number of hydrogen-bond donors (Lipinski definition) is 1. The number of rotatable bonds is 4. The van der Waals surface area contributed by atoms with E-state index < -0.39 is 0 Å². The van der Waals surface area contributed by atoms with E-state index in [0.717, 1.165) is 24.8 Å². The predicted octanol–water partition coefficient (Wildman–Crippen LogP) is 3.86. The molecule has 28 heavy (non-hydrogen) atoms. The number of nitrogens with one attached hydrogen (secondary N) is 1. The number of fused-ring (bicyclic) bond motifs is 1. The van der Waals surface area contributed by atoms with Gasteiger partial charge in [0.05, 0.1) is 18.5 Å². The van der Waals surface area contributed by atoms with Crippen LogP contribution >= 0.6 is 0 Å². The van der Waals surface area contributed by atoms with Crippen molar-refractivity contribution < 1.29 is 13.9 Å². The number of nitrogens with zero attached hydrogens (tertiary/aromatic N) is 2. The van der Waals surface area contributed by atoms with E-state index >= 15 is 0 Å². The molecule has 1 N–H and O–H groups in total. The van der Waals surface area contributed by atoms with Gasteiger partial charge in [-0.05, 0) is 43.4 Å². The van der Waals surface area contributed by atoms with Crippen LogP contribution in [0, 0.1) is 17.7 Å². The van der Waals surface area contributed by atoms with Crippen molar-refractivity contribution in [3.8, 4) is 0 Å². The lowest BCUT2D eigenvalue weighted by Crippen LogP contribution is -2.60. The average molecular weight is 385 g/mol. The lowest BCUT2D eigenvalue weighted by molar-refractivity contribution is -0.154. The number of aromatic nitrogens is 2. The van der Waals surface area contributed by atoms with Crippen LogP contribution in [-0.4, -0.2) is 27.1 Å². The first kappa shape index (κ1) is 19.1. The highest BCUT2D eigenvalue weighted by Crippen LogP contribution is 2.47. The molecular weight excluding hydrogens is 357 g/mol. The molecule has 1 saturated carbocycles. The lowest BCUT2D eigenvalue weighted by Gasteiger charge is -2.52. The number of ether oxygens (including phenoxy) is 1. The van der Waals surface area contributed by atoms with E-state index in [9.17, 15) is 9.18 Å². The van der Waals surface area contributed by atoms with E-state index in [-0.39, 0.29) is 41.9 Å². The molecular formula is C22H28FN3O2. The Morgan fingerprint density at radius 3 is 2.86 bits per heavy atom. The Kier molecular flexibility index (Phi) is 5.23. The van der Waals surface area contributed by atoms with Gasteiger partial charge in [0.2, 0.25) is 5.91 Å². The second kappa shape index (κ2) is 7.66. The number of hydrogen-bond acceptors (Lipinski definition) is 3. The quantitative estimate of drug-likeness (QED) is 0.869. The van der Waals surface area contributed by atoms with E-state index in [0.29, 0.717) is 12.3 Å². The molecule has 2 aliphatic rings. The Labute approximate surface area is 165 Å². The molecule has 1 aliphatic carbocycles. The maximum absolute atomic E-state index is 13.4. The highest BCUT2D eigenvalue weighted by Gasteiger charge is 2.49. The first-order chi connectivity index (χ1) is 13.4. The summed E-state index contributed by atoms with van der Waals surface area (Å²) in [6.07, 6.45) is 8.95. The minimum atomic E-state index is -0.361. The standard InChI is InChI=1S/C22H28FN3O2/c1-15-3-8-18-19(11-15)28-20(16-4-6-17(23)7-5-16)12-22(18,2)25-21(27)13-26-10-9-24-14-26/h4-7,9-10,14-15,18-20H,3,8,11-13H2,1-2H3,(H,25,27)/t15-,18-,19-,20-,22-/m1/s1. The summed E-state index contributed by atoms with van der Waals surface area (Å²) in [7, 11) is 0. The van der Waals surface area contributed by atoms with Crippen LogP contribution in [-0.2, 0) is 16.1 Å². The molecule has 2 heterocycles. The maximum Gasteiger partial charge on any atom is 0.240 e. The molecule has 0 bridgehead atoms.